The summed E-state index contributed by atoms with van der Waals surface area (Å²) in [6.45, 7) is 4.81. The highest BCUT2D eigenvalue weighted by Crippen LogP contribution is 2.22. The maximum Gasteiger partial charge on any atom is 0.324 e. The zero-order valence-electron chi connectivity index (χ0n) is 14.3. The van der Waals surface area contributed by atoms with Crippen LogP contribution in [-0.4, -0.2) is 54.8 Å². The van der Waals surface area contributed by atoms with Gasteiger partial charge in [-0.25, -0.2) is 4.79 Å². The maximum atomic E-state index is 12.7. The number of amides is 3. The Morgan fingerprint density at radius 1 is 1.30 bits per heavy atom. The molecule has 3 heterocycles. The van der Waals surface area contributed by atoms with Crippen LogP contribution in [0.3, 0.4) is 0 Å². The Labute approximate surface area is 157 Å². The van der Waals surface area contributed by atoms with Crippen molar-refractivity contribution in [3.63, 3.8) is 0 Å². The predicted molar refractivity (Wildman–Crippen MR) is 101 cm³/mol. The lowest BCUT2D eigenvalue weighted by atomic mass is 10.2. The second-order valence-electron chi connectivity index (χ2n) is 5.91. The van der Waals surface area contributed by atoms with Gasteiger partial charge in [0.25, 0.3) is 5.56 Å². The van der Waals surface area contributed by atoms with Crippen LogP contribution in [0.2, 0.25) is 0 Å². The van der Waals surface area contributed by atoms with Crippen molar-refractivity contribution in [3.05, 3.63) is 47.3 Å². The molecule has 1 N–H and O–H groups in total. The summed E-state index contributed by atoms with van der Waals surface area (Å²) in [6, 6.07) is 6.79. The predicted octanol–water partition coefficient (Wildman–Crippen LogP) is 0.874. The average molecular weight is 384 g/mol. The van der Waals surface area contributed by atoms with Crippen LogP contribution in [0.15, 0.2) is 46.9 Å². The highest BCUT2D eigenvalue weighted by molar-refractivity contribution is 7.99. The summed E-state index contributed by atoms with van der Waals surface area (Å²) in [5.41, 5.74) is 0.489. The molecule has 1 aliphatic rings. The lowest BCUT2D eigenvalue weighted by Gasteiger charge is -2.12. The summed E-state index contributed by atoms with van der Waals surface area (Å²) in [7, 11) is 0. The molecule has 0 atom stereocenters. The Morgan fingerprint density at radius 3 is 2.85 bits per heavy atom. The highest BCUT2D eigenvalue weighted by atomic mass is 32.2. The van der Waals surface area contributed by atoms with Crippen LogP contribution in [0.4, 0.5) is 4.79 Å². The summed E-state index contributed by atoms with van der Waals surface area (Å²) in [5, 5.41) is 11.9. The number of thioether (sulfide) groups is 1. The number of carbonyl (C=O) groups is 2. The van der Waals surface area contributed by atoms with E-state index in [0.717, 1.165) is 0 Å². The highest BCUT2D eigenvalue weighted by Gasteiger charge is 2.26. The first-order valence-electron chi connectivity index (χ1n) is 8.30. The number of aromatic nitrogens is 4. The van der Waals surface area contributed by atoms with Gasteiger partial charge in [-0.2, -0.15) is 0 Å². The third-order valence-electron chi connectivity index (χ3n) is 4.27. The van der Waals surface area contributed by atoms with E-state index >= 15 is 0 Å². The third-order valence-corrected chi connectivity index (χ3v) is 5.19. The van der Waals surface area contributed by atoms with Gasteiger partial charge in [0.05, 0.1) is 16.7 Å². The summed E-state index contributed by atoms with van der Waals surface area (Å²) in [5.74, 6) is 0.131. The van der Waals surface area contributed by atoms with E-state index in [0.29, 0.717) is 41.5 Å². The second-order valence-corrected chi connectivity index (χ2v) is 6.85. The van der Waals surface area contributed by atoms with E-state index in [1.165, 1.54) is 21.2 Å². The molecule has 27 heavy (non-hydrogen) atoms. The van der Waals surface area contributed by atoms with Gasteiger partial charge < -0.3 is 5.32 Å². The molecule has 0 bridgehead atoms. The number of allylic oxidation sites excluding steroid dienone is 1. The minimum absolute atomic E-state index is 0.0448. The number of urea groups is 1. The molecule has 1 fully saturated rings. The fourth-order valence-corrected chi connectivity index (χ4v) is 3.85. The van der Waals surface area contributed by atoms with Gasteiger partial charge in [0.2, 0.25) is 11.7 Å². The van der Waals surface area contributed by atoms with E-state index in [2.05, 4.69) is 22.1 Å². The number of para-hydroxylation sites is 1. The molecule has 1 aromatic carbocycles. The molecule has 3 amide bonds. The van der Waals surface area contributed by atoms with E-state index in [1.807, 2.05) is 12.1 Å². The number of fused-ring (bicyclic) bond motifs is 3. The standard InChI is InChI=1S/C17H16N6O3S/c1-2-8-22-14(25)11-5-3-4-6-12(11)23-15(22)19-20-17(23)27-10-13(24)21-9-7-18-16(21)26/h2-6H,1,7-10H2,(H,18,26). The fraction of sp³-hybridized carbons (Fsp3) is 0.235. The smallest absolute Gasteiger partial charge is 0.324 e. The molecule has 0 unspecified atom stereocenters. The lowest BCUT2D eigenvalue weighted by molar-refractivity contribution is -0.124. The zero-order chi connectivity index (χ0) is 19.0. The molecule has 138 valence electrons. The zero-order valence-corrected chi connectivity index (χ0v) is 15.1. The van der Waals surface area contributed by atoms with E-state index in [9.17, 15) is 14.4 Å². The fourth-order valence-electron chi connectivity index (χ4n) is 3.03. The van der Waals surface area contributed by atoms with Crippen molar-refractivity contribution in [2.45, 2.75) is 11.7 Å². The van der Waals surface area contributed by atoms with Crippen molar-refractivity contribution >= 4 is 40.4 Å². The Balaban J connectivity index is 1.76. The van der Waals surface area contributed by atoms with Crippen molar-refractivity contribution in [2.24, 2.45) is 0 Å². The summed E-state index contributed by atoms with van der Waals surface area (Å²) >= 11 is 1.18. The van der Waals surface area contributed by atoms with Gasteiger partial charge >= 0.3 is 6.03 Å². The lowest BCUT2D eigenvalue weighted by Crippen LogP contribution is -2.35. The normalized spacial score (nSPS) is 14.1. The quantitative estimate of drug-likeness (QED) is 0.517. The van der Waals surface area contributed by atoms with Crippen LogP contribution in [0.25, 0.3) is 16.7 Å². The number of nitrogens with one attached hydrogen (secondary N) is 1. The van der Waals surface area contributed by atoms with Gasteiger partial charge in [-0.1, -0.05) is 30.0 Å². The van der Waals surface area contributed by atoms with Gasteiger partial charge in [0.1, 0.15) is 0 Å². The Kier molecular flexibility index (Phi) is 4.40. The second kappa shape index (κ2) is 6.88. The number of rotatable bonds is 5. The SMILES string of the molecule is C=CCn1c(=O)c2ccccc2n2c(SCC(=O)N3CCNC3=O)nnc12. The van der Waals surface area contributed by atoms with E-state index in [1.54, 1.807) is 22.6 Å². The molecule has 9 nitrogen and oxygen atoms in total. The van der Waals surface area contributed by atoms with Crippen molar-refractivity contribution in [1.29, 1.82) is 0 Å². The third kappa shape index (κ3) is 2.87. The van der Waals surface area contributed by atoms with E-state index < -0.39 is 0 Å². The Morgan fingerprint density at radius 2 is 2.11 bits per heavy atom. The molecule has 0 aliphatic carbocycles. The maximum absolute atomic E-state index is 12.7. The first-order valence-corrected chi connectivity index (χ1v) is 9.29. The largest absolute Gasteiger partial charge is 0.336 e. The van der Waals surface area contributed by atoms with Crippen molar-refractivity contribution in [2.75, 3.05) is 18.8 Å². The van der Waals surface area contributed by atoms with Crippen molar-refractivity contribution in [3.8, 4) is 0 Å². The molecule has 0 saturated carbocycles. The van der Waals surface area contributed by atoms with Crippen LogP contribution >= 0.6 is 11.8 Å². The number of imide groups is 1. The van der Waals surface area contributed by atoms with Gasteiger partial charge in [-0.3, -0.25) is 23.5 Å². The average Bonchev–Trinajstić information content (AvgIpc) is 3.29. The molecular formula is C17H16N6O3S. The number of hydrogen-bond donors (Lipinski definition) is 1. The molecule has 1 saturated heterocycles. The number of nitrogens with zero attached hydrogens (tertiary/aromatic N) is 5. The van der Waals surface area contributed by atoms with E-state index in [4.69, 9.17) is 0 Å². The Bertz CT molecular complexity index is 1130. The topological polar surface area (TPSA) is 102 Å². The molecule has 0 spiro atoms. The minimum Gasteiger partial charge on any atom is -0.336 e. The number of hydrogen-bond acceptors (Lipinski definition) is 6. The molecule has 2 aromatic heterocycles. The first kappa shape index (κ1) is 17.3. The minimum atomic E-state index is -0.378. The number of benzene rings is 1. The first-order chi connectivity index (χ1) is 13.1. The monoisotopic (exact) mass is 384 g/mol. The van der Waals surface area contributed by atoms with Gasteiger partial charge in [0.15, 0.2) is 5.16 Å². The molecule has 3 aromatic rings. The van der Waals surface area contributed by atoms with Crippen LogP contribution < -0.4 is 10.9 Å². The molecule has 4 rings (SSSR count). The molecule has 10 heteroatoms. The molecule has 0 radical (unpaired) electrons. The van der Waals surface area contributed by atoms with Crippen molar-refractivity contribution in [1.82, 2.24) is 29.4 Å². The van der Waals surface area contributed by atoms with Crippen LogP contribution in [0, 0.1) is 0 Å². The van der Waals surface area contributed by atoms with Crippen LogP contribution in [0.5, 0.6) is 0 Å². The van der Waals surface area contributed by atoms with Gasteiger partial charge in [0, 0.05) is 19.6 Å². The van der Waals surface area contributed by atoms with Crippen molar-refractivity contribution < 1.29 is 9.59 Å². The number of carbonyl (C=O) groups excluding carboxylic acids is 2. The Hall–Kier alpha value is -3.14. The van der Waals surface area contributed by atoms with Crippen LogP contribution in [-0.2, 0) is 11.3 Å². The van der Waals surface area contributed by atoms with E-state index in [-0.39, 0.29) is 23.3 Å². The summed E-state index contributed by atoms with van der Waals surface area (Å²) in [6.07, 6.45) is 1.62. The van der Waals surface area contributed by atoms with Gasteiger partial charge in [-0.05, 0) is 12.1 Å². The summed E-state index contributed by atoms with van der Waals surface area (Å²) in [4.78, 5) is 37.8. The van der Waals surface area contributed by atoms with Gasteiger partial charge in [-0.15, -0.1) is 16.8 Å². The van der Waals surface area contributed by atoms with Crippen LogP contribution in [0.1, 0.15) is 0 Å². The molecule has 1 aliphatic heterocycles. The summed E-state index contributed by atoms with van der Waals surface area (Å²) < 4.78 is 3.24. The molecular weight excluding hydrogens is 368 g/mol.